The second-order valence-electron chi connectivity index (χ2n) is 8.27. The highest BCUT2D eigenvalue weighted by Crippen LogP contribution is 2.32. The van der Waals surface area contributed by atoms with Crippen molar-refractivity contribution in [2.24, 2.45) is 5.92 Å². The minimum absolute atomic E-state index is 0.0108. The largest absolute Gasteiger partial charge is 0.369 e. The van der Waals surface area contributed by atoms with E-state index in [9.17, 15) is 18.5 Å². The normalized spacial score (nSPS) is 22.5. The van der Waals surface area contributed by atoms with Crippen LogP contribution < -0.4 is 4.90 Å². The first-order valence-corrected chi connectivity index (χ1v) is 11.5. The van der Waals surface area contributed by atoms with Crippen LogP contribution in [0.5, 0.6) is 0 Å². The third-order valence-corrected chi connectivity index (χ3v) is 7.80. The number of hydrogen-bond acceptors (Lipinski definition) is 7. The summed E-state index contributed by atoms with van der Waals surface area (Å²) < 4.78 is 27.3. The molecule has 2 saturated heterocycles. The van der Waals surface area contributed by atoms with E-state index in [1.165, 1.54) is 16.4 Å². The Morgan fingerprint density at radius 3 is 2.45 bits per heavy atom. The summed E-state index contributed by atoms with van der Waals surface area (Å²) in [4.78, 5) is 17.5. The molecule has 1 atom stereocenters. The first kappa shape index (κ1) is 21.9. The Bertz CT molecular complexity index is 839. The maximum Gasteiger partial charge on any atom is 0.293 e. The molecule has 0 aliphatic carbocycles. The molecule has 0 bridgehead atoms. The number of nitrogens with zero attached hydrogens (tertiary/aromatic N) is 5. The molecular formula is C19H31N5O4S. The number of hydrogen-bond donors (Lipinski definition) is 0. The van der Waals surface area contributed by atoms with Gasteiger partial charge in [0.25, 0.3) is 5.69 Å². The smallest absolute Gasteiger partial charge is 0.293 e. The standard InChI is InChI=1S/C19H31N5O4S/c1-20-9-11-23(12-10-20)29(27,28)17-6-7-18(19(13-17)24(25)26)22(3)15-16-5-4-8-21(2)14-16/h6-7,13,16H,4-5,8-12,14-15H2,1-3H3. The molecule has 10 heteroatoms. The van der Waals surface area contributed by atoms with Gasteiger partial charge in [0, 0.05) is 52.4 Å². The predicted molar refractivity (Wildman–Crippen MR) is 113 cm³/mol. The molecule has 3 rings (SSSR count). The maximum atomic E-state index is 13.0. The summed E-state index contributed by atoms with van der Waals surface area (Å²) in [5.74, 6) is 0.437. The Kier molecular flexibility index (Phi) is 6.77. The van der Waals surface area contributed by atoms with E-state index < -0.39 is 14.9 Å². The van der Waals surface area contributed by atoms with Gasteiger partial charge < -0.3 is 14.7 Å². The van der Waals surface area contributed by atoms with E-state index >= 15 is 0 Å². The lowest BCUT2D eigenvalue weighted by Crippen LogP contribution is -2.47. The predicted octanol–water partition coefficient (Wildman–Crippen LogP) is 1.31. The fraction of sp³-hybridized carbons (Fsp3) is 0.684. The number of rotatable bonds is 6. The number of nitro benzene ring substituents is 1. The average Bonchev–Trinajstić information content (AvgIpc) is 2.67. The van der Waals surface area contributed by atoms with Crippen LogP contribution in [-0.4, -0.2) is 94.4 Å². The molecule has 2 heterocycles. The molecule has 0 spiro atoms. The molecule has 2 aliphatic rings. The summed E-state index contributed by atoms with van der Waals surface area (Å²) in [5.41, 5.74) is 0.299. The van der Waals surface area contributed by atoms with E-state index in [1.807, 2.05) is 19.0 Å². The van der Waals surface area contributed by atoms with Crippen LogP contribution in [0.15, 0.2) is 23.1 Å². The number of anilines is 1. The molecule has 1 aromatic rings. The van der Waals surface area contributed by atoms with Gasteiger partial charge in [0.15, 0.2) is 0 Å². The summed E-state index contributed by atoms with van der Waals surface area (Å²) >= 11 is 0. The molecule has 1 aromatic carbocycles. The highest BCUT2D eigenvalue weighted by atomic mass is 32.2. The van der Waals surface area contributed by atoms with Gasteiger partial charge in [-0.3, -0.25) is 10.1 Å². The van der Waals surface area contributed by atoms with Crippen LogP contribution in [0.4, 0.5) is 11.4 Å². The molecule has 0 saturated carbocycles. The van der Waals surface area contributed by atoms with Crippen molar-refractivity contribution < 1.29 is 13.3 Å². The van der Waals surface area contributed by atoms with Crippen molar-refractivity contribution in [1.29, 1.82) is 0 Å². The SMILES string of the molecule is CN1CCN(S(=O)(=O)c2ccc(N(C)CC3CCCN(C)C3)c([N+](=O)[O-])c2)CC1. The lowest BCUT2D eigenvalue weighted by molar-refractivity contribution is -0.384. The zero-order valence-electron chi connectivity index (χ0n) is 17.5. The van der Waals surface area contributed by atoms with Crippen LogP contribution in [0.2, 0.25) is 0 Å². The molecule has 29 heavy (non-hydrogen) atoms. The fourth-order valence-corrected chi connectivity index (χ4v) is 5.66. The van der Waals surface area contributed by atoms with Crippen LogP contribution in [0, 0.1) is 16.0 Å². The van der Waals surface area contributed by atoms with Gasteiger partial charge in [0.05, 0.1) is 9.82 Å². The summed E-state index contributed by atoms with van der Waals surface area (Å²) in [6, 6.07) is 4.29. The molecule has 2 fully saturated rings. The first-order valence-electron chi connectivity index (χ1n) is 10.1. The summed E-state index contributed by atoms with van der Waals surface area (Å²) in [6.45, 7) is 4.84. The highest BCUT2D eigenvalue weighted by Gasteiger charge is 2.30. The minimum Gasteiger partial charge on any atom is -0.369 e. The number of piperazine rings is 1. The zero-order valence-corrected chi connectivity index (χ0v) is 18.3. The van der Waals surface area contributed by atoms with Gasteiger partial charge in [0.2, 0.25) is 10.0 Å². The van der Waals surface area contributed by atoms with Gasteiger partial charge in [-0.2, -0.15) is 4.31 Å². The lowest BCUT2D eigenvalue weighted by atomic mass is 9.98. The number of likely N-dealkylation sites (tertiary alicyclic amines) is 1. The first-order chi connectivity index (χ1) is 13.7. The average molecular weight is 426 g/mol. The Labute approximate surface area is 173 Å². The molecule has 0 N–H and O–H groups in total. The molecule has 162 valence electrons. The number of benzene rings is 1. The maximum absolute atomic E-state index is 13.0. The van der Waals surface area contributed by atoms with Crippen LogP contribution in [0.25, 0.3) is 0 Å². The van der Waals surface area contributed by atoms with Gasteiger partial charge in [-0.1, -0.05) is 0 Å². The van der Waals surface area contributed by atoms with Crippen LogP contribution in [0.3, 0.4) is 0 Å². The second-order valence-corrected chi connectivity index (χ2v) is 10.2. The molecule has 9 nitrogen and oxygen atoms in total. The minimum atomic E-state index is -3.74. The van der Waals surface area contributed by atoms with Crippen molar-refractivity contribution in [2.45, 2.75) is 17.7 Å². The topological polar surface area (TPSA) is 90.2 Å². The summed E-state index contributed by atoms with van der Waals surface area (Å²) in [6.07, 6.45) is 2.22. The van der Waals surface area contributed by atoms with Crippen LogP contribution in [0.1, 0.15) is 12.8 Å². The van der Waals surface area contributed by atoms with E-state index in [4.69, 9.17) is 0 Å². The highest BCUT2D eigenvalue weighted by molar-refractivity contribution is 7.89. The Morgan fingerprint density at radius 1 is 1.14 bits per heavy atom. The molecule has 0 radical (unpaired) electrons. The van der Waals surface area contributed by atoms with Crippen molar-refractivity contribution in [3.05, 3.63) is 28.3 Å². The lowest BCUT2D eigenvalue weighted by Gasteiger charge is -2.33. The van der Waals surface area contributed by atoms with Gasteiger partial charge >= 0.3 is 0 Å². The molecular weight excluding hydrogens is 394 g/mol. The Hall–Kier alpha value is -1.75. The van der Waals surface area contributed by atoms with E-state index in [0.717, 1.165) is 25.9 Å². The molecule has 0 amide bonds. The van der Waals surface area contributed by atoms with Gasteiger partial charge in [-0.05, 0) is 51.5 Å². The van der Waals surface area contributed by atoms with Gasteiger partial charge in [0.1, 0.15) is 5.69 Å². The van der Waals surface area contributed by atoms with Crippen molar-refractivity contribution in [2.75, 3.05) is 71.9 Å². The van der Waals surface area contributed by atoms with Gasteiger partial charge in [-0.25, -0.2) is 8.42 Å². The van der Waals surface area contributed by atoms with Crippen molar-refractivity contribution in [3.8, 4) is 0 Å². The second kappa shape index (κ2) is 8.95. The van der Waals surface area contributed by atoms with Crippen LogP contribution >= 0.6 is 0 Å². The van der Waals surface area contributed by atoms with E-state index in [-0.39, 0.29) is 10.6 Å². The summed E-state index contributed by atoms with van der Waals surface area (Å²) in [7, 11) is 2.14. The van der Waals surface area contributed by atoms with E-state index in [1.54, 1.807) is 6.07 Å². The molecule has 1 unspecified atom stereocenters. The number of likely N-dealkylation sites (N-methyl/N-ethyl adjacent to an activating group) is 1. The third-order valence-electron chi connectivity index (χ3n) is 5.91. The monoisotopic (exact) mass is 425 g/mol. The third kappa shape index (κ3) is 5.06. The van der Waals surface area contributed by atoms with Crippen molar-refractivity contribution in [1.82, 2.24) is 14.1 Å². The Balaban J connectivity index is 1.82. The zero-order chi connectivity index (χ0) is 21.2. The Morgan fingerprint density at radius 2 is 1.83 bits per heavy atom. The number of sulfonamides is 1. The number of nitro groups is 1. The molecule has 2 aliphatic heterocycles. The molecule has 0 aromatic heterocycles. The summed E-state index contributed by atoms with van der Waals surface area (Å²) in [5, 5.41) is 11.7. The van der Waals surface area contributed by atoms with Crippen molar-refractivity contribution >= 4 is 21.4 Å². The van der Waals surface area contributed by atoms with Crippen LogP contribution in [-0.2, 0) is 10.0 Å². The fourth-order valence-electron chi connectivity index (χ4n) is 4.22. The number of piperidine rings is 1. The van der Waals surface area contributed by atoms with Crippen molar-refractivity contribution in [3.63, 3.8) is 0 Å². The van der Waals surface area contributed by atoms with Gasteiger partial charge in [-0.15, -0.1) is 0 Å². The van der Waals surface area contributed by atoms with E-state index in [2.05, 4.69) is 16.8 Å². The quantitative estimate of drug-likeness (QED) is 0.501. The van der Waals surface area contributed by atoms with E-state index in [0.29, 0.717) is 44.3 Å².